The number of nitrogens with one attached hydrogen (secondary N) is 3. The highest BCUT2D eigenvalue weighted by Crippen LogP contribution is 2.39. The van der Waals surface area contributed by atoms with Crippen LogP contribution in [0.15, 0.2) is 52.5 Å². The number of hydrogen-bond donors (Lipinski definition) is 3. The highest BCUT2D eigenvalue weighted by molar-refractivity contribution is 8.04. The van der Waals surface area contributed by atoms with E-state index in [1.807, 2.05) is 12.1 Å². The number of thioether (sulfide) groups is 1. The zero-order valence-electron chi connectivity index (χ0n) is 18.0. The highest BCUT2D eigenvalue weighted by Gasteiger charge is 2.44. The Hall–Kier alpha value is -2.55. The molecule has 1 aromatic carbocycles. The van der Waals surface area contributed by atoms with Gasteiger partial charge in [0.2, 0.25) is 11.8 Å². The second-order valence-electron chi connectivity index (χ2n) is 8.66. The molecule has 5 rings (SSSR count). The summed E-state index contributed by atoms with van der Waals surface area (Å²) in [7, 11) is 0. The van der Waals surface area contributed by atoms with Gasteiger partial charge in [-0.1, -0.05) is 29.8 Å². The van der Waals surface area contributed by atoms with Gasteiger partial charge in [-0.2, -0.15) is 0 Å². The molecule has 168 valence electrons. The molecule has 8 heteroatoms. The van der Waals surface area contributed by atoms with E-state index in [0.717, 1.165) is 37.3 Å². The van der Waals surface area contributed by atoms with Crippen molar-refractivity contribution in [1.82, 2.24) is 20.9 Å². The van der Waals surface area contributed by atoms with Crippen molar-refractivity contribution >= 4 is 29.1 Å². The standard InChI is InChI=1S/C24H28N4O3S/c1-15-4-2-5-17(12-15)19-14-32-21-20(19)26-24(27-23(21)30)28-9-7-16(8-10-28)22(29)25-13-18-6-3-11-31-18/h2-6,11-12,14,16,20-21,24,26H,7-10,13H2,1H3,(H,25,29)(H,27,30). The smallest absolute Gasteiger partial charge is 0.237 e. The van der Waals surface area contributed by atoms with Crippen LogP contribution in [0.5, 0.6) is 0 Å². The molecule has 3 N–H and O–H groups in total. The number of rotatable bonds is 5. The number of hydrogen-bond acceptors (Lipinski definition) is 6. The first-order valence-corrected chi connectivity index (χ1v) is 12.1. The average molecular weight is 453 g/mol. The molecule has 0 spiro atoms. The molecule has 32 heavy (non-hydrogen) atoms. The summed E-state index contributed by atoms with van der Waals surface area (Å²) in [6.45, 7) is 4.01. The Morgan fingerprint density at radius 1 is 1.25 bits per heavy atom. The number of carbonyl (C=O) groups excluding carboxylic acids is 2. The SMILES string of the molecule is Cc1cccc(C2=CSC3C(=O)NC(N4CCC(C(=O)NCc5ccco5)CC4)NC23)c1. The van der Waals surface area contributed by atoms with Crippen molar-refractivity contribution in [2.45, 2.75) is 43.9 Å². The van der Waals surface area contributed by atoms with Gasteiger partial charge < -0.3 is 15.1 Å². The van der Waals surface area contributed by atoms with E-state index in [1.165, 1.54) is 11.1 Å². The Bertz CT molecular complexity index is 1010. The van der Waals surface area contributed by atoms with Gasteiger partial charge in [-0.25, -0.2) is 0 Å². The molecule has 0 saturated carbocycles. The Morgan fingerprint density at radius 3 is 2.84 bits per heavy atom. The Kier molecular flexibility index (Phi) is 6.08. The van der Waals surface area contributed by atoms with Crippen molar-refractivity contribution < 1.29 is 14.0 Å². The largest absolute Gasteiger partial charge is 0.467 e. The van der Waals surface area contributed by atoms with E-state index in [-0.39, 0.29) is 35.3 Å². The van der Waals surface area contributed by atoms with Gasteiger partial charge in [0, 0.05) is 19.0 Å². The van der Waals surface area contributed by atoms with Crippen molar-refractivity contribution in [3.05, 3.63) is 65.0 Å². The predicted molar refractivity (Wildman–Crippen MR) is 124 cm³/mol. The average Bonchev–Trinajstić information content (AvgIpc) is 3.48. The van der Waals surface area contributed by atoms with E-state index < -0.39 is 0 Å². The molecule has 0 aliphatic carbocycles. The number of amides is 2. The Morgan fingerprint density at radius 2 is 2.09 bits per heavy atom. The van der Waals surface area contributed by atoms with E-state index in [4.69, 9.17) is 4.42 Å². The van der Waals surface area contributed by atoms with Crippen LogP contribution in [0.25, 0.3) is 5.57 Å². The second kappa shape index (κ2) is 9.13. The monoisotopic (exact) mass is 452 g/mol. The zero-order valence-corrected chi connectivity index (χ0v) is 18.9. The maximum Gasteiger partial charge on any atom is 0.237 e. The maximum atomic E-state index is 12.8. The summed E-state index contributed by atoms with van der Waals surface area (Å²) in [5.74, 6) is 0.879. The van der Waals surface area contributed by atoms with Crippen LogP contribution in [-0.4, -0.2) is 47.4 Å². The van der Waals surface area contributed by atoms with Crippen LogP contribution >= 0.6 is 11.8 Å². The fourth-order valence-electron chi connectivity index (χ4n) is 4.70. The minimum Gasteiger partial charge on any atom is -0.467 e. The van der Waals surface area contributed by atoms with Gasteiger partial charge in [0.05, 0.1) is 18.8 Å². The third-order valence-electron chi connectivity index (χ3n) is 6.49. The van der Waals surface area contributed by atoms with Gasteiger partial charge >= 0.3 is 0 Å². The normalized spacial score (nSPS) is 26.3. The van der Waals surface area contributed by atoms with Gasteiger partial charge in [-0.15, -0.1) is 11.8 Å². The molecule has 3 aliphatic rings. The highest BCUT2D eigenvalue weighted by atomic mass is 32.2. The molecule has 1 aromatic heterocycles. The van der Waals surface area contributed by atoms with Crippen molar-refractivity contribution in [1.29, 1.82) is 0 Å². The fraction of sp³-hybridized carbons (Fsp3) is 0.417. The van der Waals surface area contributed by atoms with Crippen molar-refractivity contribution in [2.24, 2.45) is 5.92 Å². The molecule has 2 fully saturated rings. The van der Waals surface area contributed by atoms with Gasteiger partial charge in [-0.3, -0.25) is 19.8 Å². The lowest BCUT2D eigenvalue weighted by Crippen LogP contribution is -2.68. The first-order chi connectivity index (χ1) is 15.6. The molecule has 0 radical (unpaired) electrons. The lowest BCUT2D eigenvalue weighted by Gasteiger charge is -2.43. The topological polar surface area (TPSA) is 86.6 Å². The molecule has 0 bridgehead atoms. The van der Waals surface area contributed by atoms with Crippen LogP contribution in [0.2, 0.25) is 0 Å². The summed E-state index contributed by atoms with van der Waals surface area (Å²) in [6, 6.07) is 12.1. The first kappa shape index (κ1) is 21.3. The van der Waals surface area contributed by atoms with E-state index in [0.29, 0.717) is 6.54 Å². The molecule has 7 nitrogen and oxygen atoms in total. The number of piperidine rings is 1. The second-order valence-corrected chi connectivity index (χ2v) is 9.68. The van der Waals surface area contributed by atoms with Gasteiger partial charge in [-0.05, 0) is 48.4 Å². The molecule has 2 amide bonds. The lowest BCUT2D eigenvalue weighted by atomic mass is 9.94. The van der Waals surface area contributed by atoms with Gasteiger partial charge in [0.15, 0.2) is 0 Å². The van der Waals surface area contributed by atoms with Crippen LogP contribution in [0.1, 0.15) is 29.7 Å². The molecule has 3 unspecified atom stereocenters. The predicted octanol–water partition coefficient (Wildman–Crippen LogP) is 2.44. The van der Waals surface area contributed by atoms with E-state index in [9.17, 15) is 9.59 Å². The third kappa shape index (κ3) is 4.35. The summed E-state index contributed by atoms with van der Waals surface area (Å²) in [5, 5.41) is 11.7. The molecule has 4 heterocycles. The fourth-order valence-corrected chi connectivity index (χ4v) is 5.85. The quantitative estimate of drug-likeness (QED) is 0.646. The number of nitrogens with zero attached hydrogens (tertiary/aromatic N) is 1. The minimum atomic E-state index is -0.220. The van der Waals surface area contributed by atoms with E-state index in [2.05, 4.69) is 57.4 Å². The van der Waals surface area contributed by atoms with Gasteiger partial charge in [0.1, 0.15) is 17.3 Å². The molecular formula is C24H28N4O3S. The van der Waals surface area contributed by atoms with Crippen LogP contribution in [-0.2, 0) is 16.1 Å². The third-order valence-corrected chi connectivity index (χ3v) is 7.66. The lowest BCUT2D eigenvalue weighted by molar-refractivity contribution is -0.129. The number of furan rings is 1. The summed E-state index contributed by atoms with van der Waals surface area (Å²) in [4.78, 5) is 27.6. The number of aryl methyl sites for hydroxylation is 1. The number of benzene rings is 1. The van der Waals surface area contributed by atoms with Crippen LogP contribution in [0.4, 0.5) is 0 Å². The van der Waals surface area contributed by atoms with E-state index >= 15 is 0 Å². The summed E-state index contributed by atoms with van der Waals surface area (Å²) >= 11 is 1.58. The Balaban J connectivity index is 1.19. The molecule has 3 atom stereocenters. The summed E-state index contributed by atoms with van der Waals surface area (Å²) in [5.41, 5.74) is 3.55. The van der Waals surface area contributed by atoms with Crippen molar-refractivity contribution in [3.8, 4) is 0 Å². The molecule has 3 aliphatic heterocycles. The zero-order chi connectivity index (χ0) is 22.1. The van der Waals surface area contributed by atoms with Crippen molar-refractivity contribution in [3.63, 3.8) is 0 Å². The molecule has 2 saturated heterocycles. The summed E-state index contributed by atoms with van der Waals surface area (Å²) in [6.07, 6.45) is 2.92. The molecular weight excluding hydrogens is 424 g/mol. The van der Waals surface area contributed by atoms with E-state index in [1.54, 1.807) is 18.0 Å². The number of carbonyl (C=O) groups is 2. The van der Waals surface area contributed by atoms with Crippen LogP contribution in [0, 0.1) is 12.8 Å². The van der Waals surface area contributed by atoms with Gasteiger partial charge in [0.25, 0.3) is 0 Å². The van der Waals surface area contributed by atoms with Crippen LogP contribution in [0.3, 0.4) is 0 Å². The number of fused-ring (bicyclic) bond motifs is 1. The number of likely N-dealkylation sites (tertiary alicyclic amines) is 1. The van der Waals surface area contributed by atoms with Crippen molar-refractivity contribution in [2.75, 3.05) is 13.1 Å². The molecule has 2 aromatic rings. The van der Waals surface area contributed by atoms with Crippen LogP contribution < -0.4 is 16.0 Å². The Labute approximate surface area is 192 Å². The maximum absolute atomic E-state index is 12.8. The summed E-state index contributed by atoms with van der Waals surface area (Å²) < 4.78 is 5.28. The first-order valence-electron chi connectivity index (χ1n) is 11.1. The minimum absolute atomic E-state index is 0.0157.